The highest BCUT2D eigenvalue weighted by Gasteiger charge is 2.24. The van der Waals surface area contributed by atoms with Gasteiger partial charge in [-0.15, -0.1) is 0 Å². The molecule has 1 aliphatic rings. The molecule has 1 saturated carbocycles. The Balaban J connectivity index is 1.73. The van der Waals surface area contributed by atoms with Crippen LogP contribution in [0.15, 0.2) is 30.7 Å². The minimum atomic E-state index is 0.638. The molecule has 1 fully saturated rings. The molecular formula is C13H13Cl2N3. The van der Waals surface area contributed by atoms with Crippen LogP contribution < -0.4 is 5.32 Å². The Morgan fingerprint density at radius 3 is 2.94 bits per heavy atom. The van der Waals surface area contributed by atoms with Crippen LogP contribution in [0.5, 0.6) is 0 Å². The predicted molar refractivity (Wildman–Crippen MR) is 74.3 cm³/mol. The predicted octanol–water partition coefficient (Wildman–Crippen LogP) is 4.14. The summed E-state index contributed by atoms with van der Waals surface area (Å²) in [5.41, 5.74) is 2.03. The Kier molecular flexibility index (Phi) is 3.18. The van der Waals surface area contributed by atoms with Crippen molar-refractivity contribution in [2.75, 3.05) is 5.32 Å². The van der Waals surface area contributed by atoms with Crippen LogP contribution in [-0.2, 0) is 6.54 Å². The first-order valence-electron chi connectivity index (χ1n) is 5.93. The zero-order chi connectivity index (χ0) is 12.5. The number of aromatic nitrogens is 2. The second-order valence-electron chi connectivity index (χ2n) is 4.50. The maximum absolute atomic E-state index is 6.11. The zero-order valence-corrected chi connectivity index (χ0v) is 11.2. The molecule has 18 heavy (non-hydrogen) atoms. The smallest absolute Gasteiger partial charge is 0.0951 e. The van der Waals surface area contributed by atoms with Crippen molar-refractivity contribution in [2.24, 2.45) is 0 Å². The Labute approximate surface area is 116 Å². The number of nitrogens with zero attached hydrogens (tertiary/aromatic N) is 2. The Morgan fingerprint density at radius 1 is 1.33 bits per heavy atom. The number of benzene rings is 1. The minimum Gasteiger partial charge on any atom is -0.378 e. The van der Waals surface area contributed by atoms with E-state index < -0.39 is 0 Å². The highest BCUT2D eigenvalue weighted by atomic mass is 35.5. The molecule has 3 nitrogen and oxygen atoms in total. The first kappa shape index (κ1) is 11.9. The van der Waals surface area contributed by atoms with Gasteiger partial charge in [-0.2, -0.15) is 0 Å². The quantitative estimate of drug-likeness (QED) is 0.913. The maximum atomic E-state index is 6.11. The molecule has 94 valence electrons. The fourth-order valence-corrected chi connectivity index (χ4v) is 2.33. The van der Waals surface area contributed by atoms with Gasteiger partial charge < -0.3 is 9.88 Å². The van der Waals surface area contributed by atoms with Crippen LogP contribution in [-0.4, -0.2) is 9.55 Å². The number of nitrogens with one attached hydrogen (secondary N) is 1. The fourth-order valence-electron chi connectivity index (χ4n) is 1.97. The van der Waals surface area contributed by atoms with Crippen molar-refractivity contribution >= 4 is 28.9 Å². The van der Waals surface area contributed by atoms with E-state index in [1.165, 1.54) is 18.5 Å². The highest BCUT2D eigenvalue weighted by molar-refractivity contribution is 6.35. The number of imidazole rings is 1. The van der Waals surface area contributed by atoms with Gasteiger partial charge in [-0.25, -0.2) is 4.98 Å². The molecule has 0 aliphatic heterocycles. The second-order valence-corrected chi connectivity index (χ2v) is 5.34. The van der Waals surface area contributed by atoms with Crippen molar-refractivity contribution in [1.82, 2.24) is 9.55 Å². The summed E-state index contributed by atoms with van der Waals surface area (Å²) in [6, 6.07) is 6.05. The largest absolute Gasteiger partial charge is 0.378 e. The first-order valence-corrected chi connectivity index (χ1v) is 6.69. The third kappa shape index (κ3) is 2.47. The molecule has 1 heterocycles. The molecule has 0 saturated heterocycles. The van der Waals surface area contributed by atoms with Crippen LogP contribution >= 0.6 is 23.2 Å². The third-order valence-corrected chi connectivity index (χ3v) is 3.64. The second kappa shape index (κ2) is 4.82. The monoisotopic (exact) mass is 281 g/mol. The zero-order valence-electron chi connectivity index (χ0n) is 9.74. The van der Waals surface area contributed by atoms with Crippen molar-refractivity contribution in [1.29, 1.82) is 0 Å². The summed E-state index contributed by atoms with van der Waals surface area (Å²) in [7, 11) is 0. The van der Waals surface area contributed by atoms with E-state index in [9.17, 15) is 0 Å². The van der Waals surface area contributed by atoms with Crippen molar-refractivity contribution in [2.45, 2.75) is 25.4 Å². The topological polar surface area (TPSA) is 29.9 Å². The lowest BCUT2D eigenvalue weighted by molar-refractivity contribution is 0.701. The van der Waals surface area contributed by atoms with E-state index in [4.69, 9.17) is 23.2 Å². The molecule has 0 atom stereocenters. The minimum absolute atomic E-state index is 0.638. The molecule has 1 aliphatic carbocycles. The van der Waals surface area contributed by atoms with Gasteiger partial charge in [-0.05, 0) is 31.0 Å². The average Bonchev–Trinajstić information content (AvgIpc) is 3.10. The van der Waals surface area contributed by atoms with Crippen molar-refractivity contribution in [3.8, 4) is 0 Å². The summed E-state index contributed by atoms with van der Waals surface area (Å²) < 4.78 is 2.23. The lowest BCUT2D eigenvalue weighted by atomic mass is 10.3. The van der Waals surface area contributed by atoms with E-state index in [2.05, 4.69) is 14.9 Å². The Bertz CT molecular complexity index is 561. The molecular weight excluding hydrogens is 269 g/mol. The summed E-state index contributed by atoms with van der Waals surface area (Å²) in [6.07, 6.45) is 6.29. The summed E-state index contributed by atoms with van der Waals surface area (Å²) in [5.74, 6) is 0. The van der Waals surface area contributed by atoms with Gasteiger partial charge >= 0.3 is 0 Å². The van der Waals surface area contributed by atoms with Gasteiger partial charge in [0.1, 0.15) is 0 Å². The Morgan fingerprint density at radius 2 is 2.17 bits per heavy atom. The van der Waals surface area contributed by atoms with Crippen LogP contribution in [0.2, 0.25) is 10.0 Å². The van der Waals surface area contributed by atoms with Gasteiger partial charge in [-0.1, -0.05) is 23.2 Å². The molecule has 1 aromatic heterocycles. The molecule has 1 N–H and O–H groups in total. The lowest BCUT2D eigenvalue weighted by Crippen LogP contribution is -2.06. The van der Waals surface area contributed by atoms with Crippen LogP contribution in [0.4, 0.5) is 5.69 Å². The van der Waals surface area contributed by atoms with Gasteiger partial charge in [0.2, 0.25) is 0 Å². The molecule has 0 radical (unpaired) electrons. The summed E-state index contributed by atoms with van der Waals surface area (Å²) in [4.78, 5) is 4.20. The van der Waals surface area contributed by atoms with Crippen molar-refractivity contribution < 1.29 is 0 Å². The van der Waals surface area contributed by atoms with Gasteiger partial charge in [0, 0.05) is 17.3 Å². The highest BCUT2D eigenvalue weighted by Crippen LogP contribution is 2.35. The molecule has 0 bridgehead atoms. The molecule has 2 aromatic rings. The van der Waals surface area contributed by atoms with E-state index in [1.54, 1.807) is 12.1 Å². The molecule has 0 spiro atoms. The molecule has 3 rings (SSSR count). The van der Waals surface area contributed by atoms with Crippen LogP contribution in [0.3, 0.4) is 0 Å². The number of halogens is 2. The van der Waals surface area contributed by atoms with E-state index in [0.717, 1.165) is 5.69 Å². The number of hydrogen-bond donors (Lipinski definition) is 1. The van der Waals surface area contributed by atoms with Gasteiger partial charge in [0.05, 0.1) is 29.3 Å². The summed E-state index contributed by atoms with van der Waals surface area (Å²) >= 11 is 12.1. The standard InChI is InChI=1S/C13H13Cl2N3/c14-9-1-4-12(15)13(5-9)17-7-11-6-16-8-18(11)10-2-3-10/h1,4-6,8,10,17H,2-3,7H2. The molecule has 0 amide bonds. The van der Waals surface area contributed by atoms with E-state index in [0.29, 0.717) is 22.6 Å². The van der Waals surface area contributed by atoms with Crippen molar-refractivity contribution in [3.63, 3.8) is 0 Å². The summed E-state index contributed by atoms with van der Waals surface area (Å²) in [5, 5.41) is 4.66. The number of anilines is 1. The van der Waals surface area contributed by atoms with E-state index >= 15 is 0 Å². The van der Waals surface area contributed by atoms with Crippen LogP contribution in [0.1, 0.15) is 24.6 Å². The first-order chi connectivity index (χ1) is 8.74. The van der Waals surface area contributed by atoms with E-state index in [1.807, 2.05) is 18.6 Å². The van der Waals surface area contributed by atoms with Gasteiger partial charge in [0.25, 0.3) is 0 Å². The molecule has 0 unspecified atom stereocenters. The SMILES string of the molecule is Clc1ccc(Cl)c(NCc2cncn2C2CC2)c1. The maximum Gasteiger partial charge on any atom is 0.0951 e. The van der Waals surface area contributed by atoms with Gasteiger partial charge in [-0.3, -0.25) is 0 Å². The Hall–Kier alpha value is -1.19. The molecule has 1 aromatic carbocycles. The lowest BCUT2D eigenvalue weighted by Gasteiger charge is -2.10. The van der Waals surface area contributed by atoms with Crippen LogP contribution in [0.25, 0.3) is 0 Å². The average molecular weight is 282 g/mol. The number of rotatable bonds is 4. The fraction of sp³-hybridized carbons (Fsp3) is 0.308. The molecule has 5 heteroatoms. The van der Waals surface area contributed by atoms with Crippen molar-refractivity contribution in [3.05, 3.63) is 46.5 Å². The third-order valence-electron chi connectivity index (χ3n) is 3.07. The summed E-state index contributed by atoms with van der Waals surface area (Å²) in [6.45, 7) is 0.705. The van der Waals surface area contributed by atoms with Gasteiger partial charge in [0.15, 0.2) is 0 Å². The van der Waals surface area contributed by atoms with Crippen LogP contribution in [0, 0.1) is 0 Å². The van der Waals surface area contributed by atoms with E-state index in [-0.39, 0.29) is 0 Å². The normalized spacial score (nSPS) is 14.8. The number of hydrogen-bond acceptors (Lipinski definition) is 2.